The van der Waals surface area contributed by atoms with E-state index in [1.165, 1.54) is 0 Å². The molecule has 1 amide bonds. The molecule has 0 radical (unpaired) electrons. The maximum absolute atomic E-state index is 12.9. The first-order chi connectivity index (χ1) is 13.1. The largest absolute Gasteiger partial charge is 0.497 e. The van der Waals surface area contributed by atoms with Gasteiger partial charge in [0.25, 0.3) is 0 Å². The Balaban J connectivity index is 1.58. The number of hydrogen-bond acceptors (Lipinski definition) is 6. The minimum Gasteiger partial charge on any atom is -0.497 e. The van der Waals surface area contributed by atoms with Crippen molar-refractivity contribution in [3.8, 4) is 11.5 Å². The average molecular weight is 370 g/mol. The molecule has 0 saturated carbocycles. The summed E-state index contributed by atoms with van der Waals surface area (Å²) in [7, 11) is 5.10. The van der Waals surface area contributed by atoms with Crippen molar-refractivity contribution in [2.75, 3.05) is 39.3 Å². The SMILES string of the molecule is COc1ccc(CN(C)C(=O)C2CCN(c3cnccn3)CC2)c(OC)c1. The molecule has 0 spiro atoms. The highest BCUT2D eigenvalue weighted by Gasteiger charge is 2.28. The molecule has 1 fully saturated rings. The minimum atomic E-state index is 0.0344. The molecule has 0 atom stereocenters. The number of carbonyl (C=O) groups is 1. The third-order valence-electron chi connectivity index (χ3n) is 5.00. The third kappa shape index (κ3) is 4.48. The van der Waals surface area contributed by atoms with Crippen LogP contribution in [-0.4, -0.2) is 55.1 Å². The number of anilines is 1. The third-order valence-corrected chi connectivity index (χ3v) is 5.00. The molecule has 7 nitrogen and oxygen atoms in total. The fourth-order valence-corrected chi connectivity index (χ4v) is 3.44. The molecule has 1 saturated heterocycles. The van der Waals surface area contributed by atoms with Gasteiger partial charge < -0.3 is 19.3 Å². The highest BCUT2D eigenvalue weighted by molar-refractivity contribution is 5.79. The van der Waals surface area contributed by atoms with Crippen LogP contribution >= 0.6 is 0 Å². The molecular weight excluding hydrogens is 344 g/mol. The summed E-state index contributed by atoms with van der Waals surface area (Å²) in [5.41, 5.74) is 0.964. The van der Waals surface area contributed by atoms with Gasteiger partial charge in [-0.25, -0.2) is 4.98 Å². The first kappa shape index (κ1) is 18.9. The maximum atomic E-state index is 12.9. The van der Waals surface area contributed by atoms with Crippen LogP contribution in [0.25, 0.3) is 0 Å². The first-order valence-electron chi connectivity index (χ1n) is 9.09. The van der Waals surface area contributed by atoms with Gasteiger partial charge in [0.2, 0.25) is 5.91 Å². The number of nitrogens with zero attached hydrogens (tertiary/aromatic N) is 4. The minimum absolute atomic E-state index is 0.0344. The van der Waals surface area contributed by atoms with Crippen LogP contribution in [-0.2, 0) is 11.3 Å². The van der Waals surface area contributed by atoms with Crippen LogP contribution in [0, 0.1) is 5.92 Å². The van der Waals surface area contributed by atoms with E-state index in [0.29, 0.717) is 6.54 Å². The van der Waals surface area contributed by atoms with Gasteiger partial charge in [0, 0.05) is 56.6 Å². The number of hydrogen-bond donors (Lipinski definition) is 0. The molecule has 0 bridgehead atoms. The Hall–Kier alpha value is -2.83. The second-order valence-electron chi connectivity index (χ2n) is 6.70. The molecule has 1 aliphatic rings. The summed E-state index contributed by atoms with van der Waals surface area (Å²) >= 11 is 0. The Labute approximate surface area is 159 Å². The number of aromatic nitrogens is 2. The van der Waals surface area contributed by atoms with Crippen molar-refractivity contribution in [2.24, 2.45) is 5.92 Å². The van der Waals surface area contributed by atoms with Gasteiger partial charge in [0.05, 0.1) is 20.4 Å². The number of rotatable bonds is 6. The Morgan fingerprint density at radius 2 is 2.00 bits per heavy atom. The summed E-state index contributed by atoms with van der Waals surface area (Å²) in [4.78, 5) is 25.3. The quantitative estimate of drug-likeness (QED) is 0.778. The van der Waals surface area contributed by atoms with E-state index in [1.807, 2.05) is 25.2 Å². The van der Waals surface area contributed by atoms with Gasteiger partial charge in [-0.05, 0) is 25.0 Å². The summed E-state index contributed by atoms with van der Waals surface area (Å²) in [6, 6.07) is 5.67. The lowest BCUT2D eigenvalue weighted by molar-refractivity contribution is -0.135. The van der Waals surface area contributed by atoms with Crippen LogP contribution in [0.2, 0.25) is 0 Å². The van der Waals surface area contributed by atoms with Crippen molar-refractivity contribution in [3.05, 3.63) is 42.4 Å². The van der Waals surface area contributed by atoms with Crippen molar-refractivity contribution in [3.63, 3.8) is 0 Å². The zero-order valence-electron chi connectivity index (χ0n) is 16.1. The van der Waals surface area contributed by atoms with Crippen molar-refractivity contribution < 1.29 is 14.3 Å². The van der Waals surface area contributed by atoms with Gasteiger partial charge in [-0.15, -0.1) is 0 Å². The normalized spacial score (nSPS) is 14.7. The smallest absolute Gasteiger partial charge is 0.225 e. The maximum Gasteiger partial charge on any atom is 0.225 e. The van der Waals surface area contributed by atoms with Crippen LogP contribution in [0.5, 0.6) is 11.5 Å². The number of piperidine rings is 1. The lowest BCUT2D eigenvalue weighted by atomic mass is 9.95. The van der Waals surface area contributed by atoms with Gasteiger partial charge in [-0.2, -0.15) is 0 Å². The van der Waals surface area contributed by atoms with Crippen molar-refractivity contribution in [1.82, 2.24) is 14.9 Å². The van der Waals surface area contributed by atoms with E-state index in [-0.39, 0.29) is 11.8 Å². The van der Waals surface area contributed by atoms with Gasteiger partial charge in [0.15, 0.2) is 0 Å². The van der Waals surface area contributed by atoms with Crippen LogP contribution in [0.15, 0.2) is 36.8 Å². The highest BCUT2D eigenvalue weighted by atomic mass is 16.5. The fraction of sp³-hybridized carbons (Fsp3) is 0.450. The van der Waals surface area contributed by atoms with E-state index in [0.717, 1.165) is 48.8 Å². The molecule has 0 aliphatic carbocycles. The Morgan fingerprint density at radius 1 is 1.22 bits per heavy atom. The first-order valence-corrected chi connectivity index (χ1v) is 9.09. The monoisotopic (exact) mass is 370 g/mol. The molecule has 27 heavy (non-hydrogen) atoms. The second-order valence-corrected chi connectivity index (χ2v) is 6.70. The molecule has 2 heterocycles. The lowest BCUT2D eigenvalue weighted by Crippen LogP contribution is -2.41. The summed E-state index contributed by atoms with van der Waals surface area (Å²) in [5, 5.41) is 0. The zero-order valence-corrected chi connectivity index (χ0v) is 16.1. The van der Waals surface area contributed by atoms with Crippen molar-refractivity contribution in [2.45, 2.75) is 19.4 Å². The van der Waals surface area contributed by atoms with Gasteiger partial charge in [-0.1, -0.05) is 0 Å². The molecule has 1 aliphatic heterocycles. The molecule has 1 aromatic carbocycles. The van der Waals surface area contributed by atoms with Crippen molar-refractivity contribution in [1.29, 1.82) is 0 Å². The van der Waals surface area contributed by atoms with E-state index in [4.69, 9.17) is 9.47 Å². The molecular formula is C20H26N4O3. The summed E-state index contributed by atoms with van der Waals surface area (Å²) in [6.07, 6.45) is 6.77. The van der Waals surface area contributed by atoms with E-state index in [2.05, 4.69) is 14.9 Å². The van der Waals surface area contributed by atoms with E-state index < -0.39 is 0 Å². The van der Waals surface area contributed by atoms with Gasteiger partial charge >= 0.3 is 0 Å². The Kier molecular flexibility index (Phi) is 6.11. The summed E-state index contributed by atoms with van der Waals surface area (Å²) in [5.74, 6) is 2.55. The number of ether oxygens (including phenoxy) is 2. The van der Waals surface area contributed by atoms with Crippen LogP contribution in [0.3, 0.4) is 0 Å². The second kappa shape index (κ2) is 8.70. The Bertz CT molecular complexity index is 761. The molecule has 0 unspecified atom stereocenters. The summed E-state index contributed by atoms with van der Waals surface area (Å²) < 4.78 is 10.7. The van der Waals surface area contributed by atoms with Crippen LogP contribution in [0.4, 0.5) is 5.82 Å². The molecule has 1 aromatic heterocycles. The number of methoxy groups -OCH3 is 2. The Morgan fingerprint density at radius 3 is 2.63 bits per heavy atom. The van der Waals surface area contributed by atoms with E-state index in [1.54, 1.807) is 37.7 Å². The number of benzene rings is 1. The van der Waals surface area contributed by atoms with E-state index >= 15 is 0 Å². The molecule has 0 N–H and O–H groups in total. The number of carbonyl (C=O) groups excluding carboxylic acids is 1. The van der Waals surface area contributed by atoms with Gasteiger partial charge in [-0.3, -0.25) is 9.78 Å². The topological polar surface area (TPSA) is 67.8 Å². The number of amides is 1. The zero-order chi connectivity index (χ0) is 19.2. The molecule has 3 rings (SSSR count). The highest BCUT2D eigenvalue weighted by Crippen LogP contribution is 2.27. The molecule has 2 aromatic rings. The lowest BCUT2D eigenvalue weighted by Gasteiger charge is -2.33. The average Bonchev–Trinajstić information content (AvgIpc) is 2.74. The van der Waals surface area contributed by atoms with Crippen molar-refractivity contribution >= 4 is 11.7 Å². The summed E-state index contributed by atoms with van der Waals surface area (Å²) in [6.45, 7) is 2.14. The fourth-order valence-electron chi connectivity index (χ4n) is 3.44. The predicted octanol–water partition coefficient (Wildman–Crippen LogP) is 2.37. The van der Waals surface area contributed by atoms with E-state index in [9.17, 15) is 4.79 Å². The predicted molar refractivity (Wildman–Crippen MR) is 103 cm³/mol. The van der Waals surface area contributed by atoms with Crippen LogP contribution in [0.1, 0.15) is 18.4 Å². The van der Waals surface area contributed by atoms with Crippen LogP contribution < -0.4 is 14.4 Å². The standard InChI is InChI=1S/C20H26N4O3/c1-23(14-16-4-5-17(26-2)12-18(16)27-3)20(25)15-6-10-24(11-7-15)19-13-21-8-9-22-19/h4-5,8-9,12-13,15H,6-7,10-11,14H2,1-3H3. The molecule has 7 heteroatoms. The van der Waals surface area contributed by atoms with Gasteiger partial charge in [0.1, 0.15) is 17.3 Å². The molecule has 144 valence electrons.